The molecule has 0 radical (unpaired) electrons. The van der Waals surface area contributed by atoms with E-state index in [0.29, 0.717) is 5.92 Å². The number of nitrogens with zero attached hydrogens (tertiary/aromatic N) is 1. The van der Waals surface area contributed by atoms with Gasteiger partial charge in [-0.3, -0.25) is 0 Å². The van der Waals surface area contributed by atoms with Gasteiger partial charge >= 0.3 is 0 Å². The van der Waals surface area contributed by atoms with E-state index in [1.54, 1.807) is 11.6 Å². The van der Waals surface area contributed by atoms with Gasteiger partial charge in [0.15, 0.2) is 0 Å². The molecule has 0 unspecified atom stereocenters. The van der Waals surface area contributed by atoms with Crippen molar-refractivity contribution in [2.75, 3.05) is 0 Å². The van der Waals surface area contributed by atoms with Crippen molar-refractivity contribution >= 4 is 0 Å². The van der Waals surface area contributed by atoms with Gasteiger partial charge in [-0.25, -0.2) is 0 Å². The van der Waals surface area contributed by atoms with Gasteiger partial charge < -0.3 is 0 Å². The number of allylic oxidation sites excluding steroid dienone is 5. The van der Waals surface area contributed by atoms with Gasteiger partial charge in [0.05, 0.1) is 6.07 Å². The molecule has 0 heterocycles. The van der Waals surface area contributed by atoms with Crippen molar-refractivity contribution in [2.45, 2.75) is 71.1 Å². The summed E-state index contributed by atoms with van der Waals surface area (Å²) in [6, 6.07) is 2.03. The van der Waals surface area contributed by atoms with Gasteiger partial charge in [-0.05, 0) is 75.0 Å². The summed E-state index contributed by atoms with van der Waals surface area (Å²) in [7, 11) is 0. The molecule has 2 fully saturated rings. The molecule has 2 aliphatic carbocycles. The standard InChI is InChI=1S/C22H33N/c1-3-7-19-9-13-21(14-10-19)18(2)22-15-11-20(12-16-22)8-5-4-6-17-23/h4-6,8,19-22H,2-3,7,9-16H2,1H3/b6-4+,8-5+/t19-,20-,21-,22-. The largest absolute Gasteiger partial charge is 0.193 e. The Morgan fingerprint density at radius 1 is 1.00 bits per heavy atom. The molecule has 0 aromatic rings. The molecule has 2 rings (SSSR count). The number of hydrogen-bond acceptors (Lipinski definition) is 1. The van der Waals surface area contributed by atoms with E-state index >= 15 is 0 Å². The maximum absolute atomic E-state index is 8.49. The van der Waals surface area contributed by atoms with Gasteiger partial charge in [0, 0.05) is 6.08 Å². The normalized spacial score (nSPS) is 32.2. The Hall–Kier alpha value is -1.29. The van der Waals surface area contributed by atoms with Crippen LogP contribution in [0.4, 0.5) is 0 Å². The monoisotopic (exact) mass is 311 g/mol. The number of hydrogen-bond donors (Lipinski definition) is 0. The maximum Gasteiger partial charge on any atom is 0.0912 e. The molecule has 0 saturated heterocycles. The Kier molecular flexibility index (Phi) is 7.66. The number of rotatable bonds is 6. The highest BCUT2D eigenvalue weighted by atomic mass is 14.3. The SMILES string of the molecule is C=C([C@H]1CC[C@H](/C=C/C=C/C#N)CC1)[C@H]1CC[C@H](CCC)CC1. The van der Waals surface area contributed by atoms with Crippen molar-refractivity contribution < 1.29 is 0 Å². The highest BCUT2D eigenvalue weighted by Crippen LogP contribution is 2.42. The molecule has 0 spiro atoms. The van der Waals surface area contributed by atoms with Crippen LogP contribution in [0.15, 0.2) is 36.5 Å². The minimum absolute atomic E-state index is 0.697. The average Bonchev–Trinajstić information content (AvgIpc) is 2.60. The van der Waals surface area contributed by atoms with Gasteiger partial charge in [-0.2, -0.15) is 5.26 Å². The first-order valence-corrected chi connectivity index (χ1v) is 9.66. The molecule has 0 aromatic heterocycles. The van der Waals surface area contributed by atoms with Gasteiger partial charge in [-0.1, -0.05) is 50.1 Å². The Bertz CT molecular complexity index is 449. The van der Waals surface area contributed by atoms with E-state index in [-0.39, 0.29) is 0 Å². The van der Waals surface area contributed by atoms with E-state index in [2.05, 4.69) is 19.6 Å². The summed E-state index contributed by atoms with van der Waals surface area (Å²) in [5.41, 5.74) is 1.58. The Labute approximate surface area is 143 Å². The fourth-order valence-electron chi connectivity index (χ4n) is 4.57. The van der Waals surface area contributed by atoms with Gasteiger partial charge in [0.25, 0.3) is 0 Å². The van der Waals surface area contributed by atoms with E-state index < -0.39 is 0 Å². The highest BCUT2D eigenvalue weighted by Gasteiger charge is 2.28. The van der Waals surface area contributed by atoms with Crippen LogP contribution >= 0.6 is 0 Å². The zero-order chi connectivity index (χ0) is 16.5. The predicted molar refractivity (Wildman–Crippen MR) is 98.8 cm³/mol. The van der Waals surface area contributed by atoms with Crippen molar-refractivity contribution in [2.24, 2.45) is 23.7 Å². The third-order valence-corrected chi connectivity index (χ3v) is 6.03. The molecule has 1 heteroatoms. The van der Waals surface area contributed by atoms with Crippen molar-refractivity contribution in [3.8, 4) is 6.07 Å². The second-order valence-electron chi connectivity index (χ2n) is 7.57. The first-order chi connectivity index (χ1) is 11.2. The zero-order valence-corrected chi connectivity index (χ0v) is 14.8. The van der Waals surface area contributed by atoms with Gasteiger partial charge in [0.1, 0.15) is 0 Å². The van der Waals surface area contributed by atoms with Gasteiger partial charge in [-0.15, -0.1) is 0 Å². The third-order valence-electron chi connectivity index (χ3n) is 6.03. The van der Waals surface area contributed by atoms with Crippen molar-refractivity contribution in [3.63, 3.8) is 0 Å². The van der Waals surface area contributed by atoms with E-state index in [0.717, 1.165) is 17.8 Å². The van der Waals surface area contributed by atoms with E-state index in [1.165, 1.54) is 64.2 Å². The second kappa shape index (κ2) is 9.76. The van der Waals surface area contributed by atoms with Crippen LogP contribution in [-0.4, -0.2) is 0 Å². The number of nitriles is 1. The summed E-state index contributed by atoms with van der Waals surface area (Å²) in [6.07, 6.45) is 21.3. The fraction of sp³-hybridized carbons (Fsp3) is 0.682. The lowest BCUT2D eigenvalue weighted by atomic mass is 9.70. The molecular formula is C22H33N. The minimum Gasteiger partial charge on any atom is -0.193 e. The first kappa shape index (κ1) is 18.1. The topological polar surface area (TPSA) is 23.8 Å². The molecule has 1 nitrogen and oxygen atoms in total. The fourth-order valence-corrected chi connectivity index (χ4v) is 4.57. The molecule has 126 valence electrons. The lowest BCUT2D eigenvalue weighted by Crippen LogP contribution is -2.22. The predicted octanol–water partition coefficient (Wildman–Crippen LogP) is 6.59. The Morgan fingerprint density at radius 3 is 2.17 bits per heavy atom. The van der Waals surface area contributed by atoms with Crippen LogP contribution < -0.4 is 0 Å². The summed E-state index contributed by atoms with van der Waals surface area (Å²) < 4.78 is 0. The molecule has 0 amide bonds. The van der Waals surface area contributed by atoms with Crippen LogP contribution in [0.5, 0.6) is 0 Å². The van der Waals surface area contributed by atoms with E-state index in [9.17, 15) is 0 Å². The van der Waals surface area contributed by atoms with Crippen LogP contribution in [0.1, 0.15) is 71.1 Å². The van der Waals surface area contributed by atoms with Crippen molar-refractivity contribution in [1.82, 2.24) is 0 Å². The van der Waals surface area contributed by atoms with Crippen molar-refractivity contribution in [3.05, 3.63) is 36.5 Å². The summed E-state index contributed by atoms with van der Waals surface area (Å²) in [5, 5.41) is 8.49. The summed E-state index contributed by atoms with van der Waals surface area (Å²) >= 11 is 0. The quantitative estimate of drug-likeness (QED) is 0.308. The van der Waals surface area contributed by atoms with Gasteiger partial charge in [0.2, 0.25) is 0 Å². The molecule has 0 N–H and O–H groups in total. The van der Waals surface area contributed by atoms with Crippen LogP contribution in [0.25, 0.3) is 0 Å². The minimum atomic E-state index is 0.697. The van der Waals surface area contributed by atoms with E-state index in [4.69, 9.17) is 5.26 Å². The average molecular weight is 312 g/mol. The van der Waals surface area contributed by atoms with Crippen LogP contribution in [0, 0.1) is 35.0 Å². The first-order valence-electron chi connectivity index (χ1n) is 9.66. The smallest absolute Gasteiger partial charge is 0.0912 e. The molecule has 2 saturated carbocycles. The van der Waals surface area contributed by atoms with E-state index in [1.807, 2.05) is 18.2 Å². The lowest BCUT2D eigenvalue weighted by Gasteiger charge is -2.35. The molecule has 0 aromatic carbocycles. The second-order valence-corrected chi connectivity index (χ2v) is 7.57. The maximum atomic E-state index is 8.49. The Balaban J connectivity index is 1.73. The summed E-state index contributed by atoms with van der Waals surface area (Å²) in [5.74, 6) is 3.26. The third kappa shape index (κ3) is 5.69. The zero-order valence-electron chi connectivity index (χ0n) is 14.8. The molecular weight excluding hydrogens is 278 g/mol. The molecule has 0 bridgehead atoms. The highest BCUT2D eigenvalue weighted by molar-refractivity contribution is 5.13. The van der Waals surface area contributed by atoms with Crippen LogP contribution in [-0.2, 0) is 0 Å². The van der Waals surface area contributed by atoms with Crippen LogP contribution in [0.2, 0.25) is 0 Å². The summed E-state index contributed by atoms with van der Waals surface area (Å²) in [4.78, 5) is 0. The molecule has 0 aliphatic heterocycles. The molecule has 23 heavy (non-hydrogen) atoms. The van der Waals surface area contributed by atoms with Crippen molar-refractivity contribution in [1.29, 1.82) is 5.26 Å². The molecule has 2 aliphatic rings. The summed E-state index contributed by atoms with van der Waals surface area (Å²) in [6.45, 7) is 6.83. The Morgan fingerprint density at radius 2 is 1.61 bits per heavy atom. The van der Waals surface area contributed by atoms with Crippen LogP contribution in [0.3, 0.4) is 0 Å². The molecule has 0 atom stereocenters. The lowest BCUT2D eigenvalue weighted by molar-refractivity contribution is 0.255.